The number of hydrogen-bond acceptors (Lipinski definition) is 3. The summed E-state index contributed by atoms with van der Waals surface area (Å²) in [5.74, 6) is 0. The summed E-state index contributed by atoms with van der Waals surface area (Å²) in [6.45, 7) is 2.07. The first kappa shape index (κ1) is 8.66. The van der Waals surface area contributed by atoms with Crippen LogP contribution in [0.5, 0.6) is 0 Å². The zero-order valence-electron chi connectivity index (χ0n) is 6.99. The number of rotatable bonds is 1. The molecule has 13 heavy (non-hydrogen) atoms. The fourth-order valence-corrected chi connectivity index (χ4v) is 1.92. The van der Waals surface area contributed by atoms with Crippen molar-refractivity contribution in [2.75, 3.05) is 0 Å². The second-order valence-corrected chi connectivity index (χ2v) is 4.14. The van der Waals surface area contributed by atoms with Crippen LogP contribution in [0, 0.1) is 6.92 Å². The molecule has 2 aromatic rings. The molecule has 0 amide bonds. The smallest absolute Gasteiger partial charge is 0.149 e. The highest BCUT2D eigenvalue weighted by Crippen LogP contribution is 2.25. The third-order valence-corrected chi connectivity index (χ3v) is 2.81. The van der Waals surface area contributed by atoms with Crippen LogP contribution in [0.3, 0.4) is 0 Å². The SMILES string of the molecule is Cc1sccc1-c1ccc(Cl)nn1. The lowest BCUT2D eigenvalue weighted by Gasteiger charge is -1.96. The van der Waals surface area contributed by atoms with E-state index in [0.29, 0.717) is 5.15 Å². The summed E-state index contributed by atoms with van der Waals surface area (Å²) in [5, 5.41) is 10.3. The lowest BCUT2D eigenvalue weighted by molar-refractivity contribution is 1.04. The highest BCUT2D eigenvalue weighted by atomic mass is 35.5. The Morgan fingerprint density at radius 3 is 2.62 bits per heavy atom. The van der Waals surface area contributed by atoms with E-state index in [4.69, 9.17) is 11.6 Å². The van der Waals surface area contributed by atoms with Crippen molar-refractivity contribution in [3.8, 4) is 11.3 Å². The Morgan fingerprint density at radius 1 is 1.23 bits per heavy atom. The predicted molar refractivity (Wildman–Crippen MR) is 55.1 cm³/mol. The van der Waals surface area contributed by atoms with Crippen LogP contribution in [0.15, 0.2) is 23.6 Å². The minimum atomic E-state index is 0.427. The van der Waals surface area contributed by atoms with E-state index in [0.717, 1.165) is 11.3 Å². The molecule has 0 bridgehead atoms. The van der Waals surface area contributed by atoms with Gasteiger partial charge in [0.1, 0.15) is 0 Å². The van der Waals surface area contributed by atoms with Crippen LogP contribution >= 0.6 is 22.9 Å². The van der Waals surface area contributed by atoms with Gasteiger partial charge in [-0.25, -0.2) is 0 Å². The van der Waals surface area contributed by atoms with Crippen LogP contribution in [-0.2, 0) is 0 Å². The van der Waals surface area contributed by atoms with Crippen LogP contribution in [0.25, 0.3) is 11.3 Å². The first-order chi connectivity index (χ1) is 6.27. The molecule has 4 heteroatoms. The van der Waals surface area contributed by atoms with Crippen LogP contribution in [0.4, 0.5) is 0 Å². The van der Waals surface area contributed by atoms with Gasteiger partial charge in [-0.2, -0.15) is 0 Å². The minimum Gasteiger partial charge on any atom is -0.149 e. The van der Waals surface area contributed by atoms with Crippen LogP contribution in [0.2, 0.25) is 5.15 Å². The Kier molecular flexibility index (Phi) is 2.29. The van der Waals surface area contributed by atoms with Crippen molar-refractivity contribution in [3.63, 3.8) is 0 Å². The van der Waals surface area contributed by atoms with Gasteiger partial charge in [-0.3, -0.25) is 0 Å². The Labute approximate surface area is 85.2 Å². The third-order valence-electron chi connectivity index (χ3n) is 1.77. The summed E-state index contributed by atoms with van der Waals surface area (Å²) in [7, 11) is 0. The van der Waals surface area contributed by atoms with E-state index < -0.39 is 0 Å². The Bertz CT molecular complexity index is 408. The topological polar surface area (TPSA) is 25.8 Å². The second-order valence-electron chi connectivity index (χ2n) is 2.63. The summed E-state index contributed by atoms with van der Waals surface area (Å²) in [5.41, 5.74) is 2.01. The summed E-state index contributed by atoms with van der Waals surface area (Å²) >= 11 is 7.34. The second kappa shape index (κ2) is 3.44. The standard InChI is InChI=1S/C9H7ClN2S/c1-6-7(4-5-13-6)8-2-3-9(10)12-11-8/h2-5H,1H3. The zero-order valence-corrected chi connectivity index (χ0v) is 8.56. The van der Waals surface area contributed by atoms with Gasteiger partial charge in [0.15, 0.2) is 5.15 Å². The van der Waals surface area contributed by atoms with Gasteiger partial charge in [0.2, 0.25) is 0 Å². The molecule has 2 nitrogen and oxygen atoms in total. The van der Waals surface area contributed by atoms with Gasteiger partial charge in [0.05, 0.1) is 5.69 Å². The molecular weight excluding hydrogens is 204 g/mol. The van der Waals surface area contributed by atoms with Gasteiger partial charge in [-0.15, -0.1) is 21.5 Å². The largest absolute Gasteiger partial charge is 0.151 e. The highest BCUT2D eigenvalue weighted by Gasteiger charge is 2.04. The Hall–Kier alpha value is -0.930. The number of aryl methyl sites for hydroxylation is 1. The quantitative estimate of drug-likeness (QED) is 0.723. The van der Waals surface area contributed by atoms with Crippen molar-refractivity contribution < 1.29 is 0 Å². The zero-order chi connectivity index (χ0) is 9.26. The minimum absolute atomic E-state index is 0.427. The molecule has 0 spiro atoms. The van der Waals surface area contributed by atoms with Gasteiger partial charge >= 0.3 is 0 Å². The molecule has 0 aliphatic carbocycles. The Morgan fingerprint density at radius 2 is 2.08 bits per heavy atom. The van der Waals surface area contributed by atoms with E-state index in [2.05, 4.69) is 17.1 Å². The molecule has 0 atom stereocenters. The van der Waals surface area contributed by atoms with Crippen molar-refractivity contribution in [1.29, 1.82) is 0 Å². The molecule has 0 N–H and O–H groups in total. The van der Waals surface area contributed by atoms with Crippen molar-refractivity contribution in [2.45, 2.75) is 6.92 Å². The molecule has 0 aliphatic rings. The number of hydrogen-bond donors (Lipinski definition) is 0. The number of halogens is 1. The van der Waals surface area contributed by atoms with E-state index in [1.165, 1.54) is 4.88 Å². The van der Waals surface area contributed by atoms with E-state index in [1.807, 2.05) is 17.5 Å². The van der Waals surface area contributed by atoms with Crippen LogP contribution in [-0.4, -0.2) is 10.2 Å². The third kappa shape index (κ3) is 1.71. The van der Waals surface area contributed by atoms with Crippen molar-refractivity contribution in [3.05, 3.63) is 33.6 Å². The summed E-state index contributed by atoms with van der Waals surface area (Å²) < 4.78 is 0. The van der Waals surface area contributed by atoms with E-state index in [1.54, 1.807) is 17.4 Å². The fraction of sp³-hybridized carbons (Fsp3) is 0.111. The molecule has 0 saturated heterocycles. The Balaban J connectivity index is 2.47. The molecule has 0 aliphatic heterocycles. The maximum absolute atomic E-state index is 5.64. The monoisotopic (exact) mass is 210 g/mol. The average molecular weight is 211 g/mol. The fourth-order valence-electron chi connectivity index (χ4n) is 1.11. The summed E-state index contributed by atoms with van der Waals surface area (Å²) in [6, 6.07) is 5.67. The van der Waals surface area contributed by atoms with Crippen molar-refractivity contribution in [1.82, 2.24) is 10.2 Å². The molecule has 2 aromatic heterocycles. The molecule has 0 radical (unpaired) electrons. The number of thiophene rings is 1. The average Bonchev–Trinajstić information content (AvgIpc) is 2.53. The normalized spacial score (nSPS) is 10.3. The van der Waals surface area contributed by atoms with Crippen molar-refractivity contribution in [2.24, 2.45) is 0 Å². The summed E-state index contributed by atoms with van der Waals surface area (Å²) in [6.07, 6.45) is 0. The molecule has 2 rings (SSSR count). The van der Waals surface area contributed by atoms with Crippen molar-refractivity contribution >= 4 is 22.9 Å². The molecule has 0 unspecified atom stereocenters. The first-order valence-corrected chi connectivity index (χ1v) is 5.07. The first-order valence-electron chi connectivity index (χ1n) is 3.81. The van der Waals surface area contributed by atoms with Gasteiger partial charge in [-0.05, 0) is 30.5 Å². The molecule has 0 saturated carbocycles. The number of nitrogens with zero attached hydrogens (tertiary/aromatic N) is 2. The molecule has 2 heterocycles. The van der Waals surface area contributed by atoms with Gasteiger partial charge in [-0.1, -0.05) is 11.6 Å². The van der Waals surface area contributed by atoms with E-state index in [9.17, 15) is 0 Å². The van der Waals surface area contributed by atoms with Gasteiger partial charge in [0, 0.05) is 10.4 Å². The van der Waals surface area contributed by atoms with E-state index in [-0.39, 0.29) is 0 Å². The molecule has 66 valence electrons. The van der Waals surface area contributed by atoms with Gasteiger partial charge < -0.3 is 0 Å². The van der Waals surface area contributed by atoms with E-state index >= 15 is 0 Å². The maximum atomic E-state index is 5.64. The maximum Gasteiger partial charge on any atom is 0.151 e. The molecular formula is C9H7ClN2S. The predicted octanol–water partition coefficient (Wildman–Crippen LogP) is 3.17. The van der Waals surface area contributed by atoms with Crippen LogP contribution < -0.4 is 0 Å². The van der Waals surface area contributed by atoms with Crippen LogP contribution in [0.1, 0.15) is 4.88 Å². The number of aromatic nitrogens is 2. The molecule has 0 aromatic carbocycles. The molecule has 0 fully saturated rings. The van der Waals surface area contributed by atoms with Gasteiger partial charge in [0.25, 0.3) is 0 Å². The highest BCUT2D eigenvalue weighted by molar-refractivity contribution is 7.10. The lowest BCUT2D eigenvalue weighted by atomic mass is 10.2. The summed E-state index contributed by atoms with van der Waals surface area (Å²) in [4.78, 5) is 1.25. The lowest BCUT2D eigenvalue weighted by Crippen LogP contribution is -1.86.